The molecular weight excluding hydrogens is 312 g/mol. The molecular formula is C21H26N2O2. The maximum Gasteiger partial charge on any atom is 0.234 e. The van der Waals surface area contributed by atoms with E-state index in [0.717, 1.165) is 11.3 Å². The van der Waals surface area contributed by atoms with Crippen molar-refractivity contribution < 1.29 is 9.59 Å². The molecule has 0 radical (unpaired) electrons. The van der Waals surface area contributed by atoms with Gasteiger partial charge >= 0.3 is 0 Å². The fourth-order valence-corrected chi connectivity index (χ4v) is 2.49. The van der Waals surface area contributed by atoms with Crippen LogP contribution < -0.4 is 10.6 Å². The summed E-state index contributed by atoms with van der Waals surface area (Å²) >= 11 is 0. The van der Waals surface area contributed by atoms with Crippen LogP contribution in [-0.2, 0) is 15.0 Å². The Morgan fingerprint density at radius 3 is 1.92 bits per heavy atom. The summed E-state index contributed by atoms with van der Waals surface area (Å²) in [6, 6.07) is 16.9. The molecule has 2 N–H and O–H groups in total. The van der Waals surface area contributed by atoms with Gasteiger partial charge in [0.15, 0.2) is 0 Å². The first-order valence-corrected chi connectivity index (χ1v) is 8.56. The molecule has 0 fully saturated rings. The van der Waals surface area contributed by atoms with E-state index in [4.69, 9.17) is 0 Å². The maximum absolute atomic E-state index is 12.6. The summed E-state index contributed by atoms with van der Waals surface area (Å²) in [5.74, 6) is 0.242. The summed E-state index contributed by atoms with van der Waals surface area (Å²) in [5.41, 5.74) is 1.76. The van der Waals surface area contributed by atoms with Crippen LogP contribution >= 0.6 is 0 Å². The number of carbonyl (C=O) groups is 2. The monoisotopic (exact) mass is 338 g/mol. The Balaban J connectivity index is 2.01. The first-order chi connectivity index (χ1) is 11.8. The van der Waals surface area contributed by atoms with E-state index in [1.807, 2.05) is 58.0 Å². The van der Waals surface area contributed by atoms with Crippen LogP contribution in [0.4, 0.5) is 11.4 Å². The summed E-state index contributed by atoms with van der Waals surface area (Å²) < 4.78 is 0. The Kier molecular flexibility index (Phi) is 5.97. The molecule has 25 heavy (non-hydrogen) atoms. The van der Waals surface area contributed by atoms with Crippen molar-refractivity contribution in [1.29, 1.82) is 0 Å². The van der Waals surface area contributed by atoms with Crippen LogP contribution in [0.2, 0.25) is 0 Å². The van der Waals surface area contributed by atoms with Crippen molar-refractivity contribution in [2.45, 2.75) is 39.5 Å². The van der Waals surface area contributed by atoms with Crippen LogP contribution in [0.3, 0.4) is 0 Å². The van der Waals surface area contributed by atoms with E-state index in [1.165, 1.54) is 0 Å². The Morgan fingerprint density at radius 2 is 1.40 bits per heavy atom. The molecule has 4 heteroatoms. The normalized spacial score (nSPS) is 11.2. The highest BCUT2D eigenvalue weighted by molar-refractivity contribution is 5.99. The SMILES string of the molecule is CC(C)CC(=O)Nc1ccc(NC(=O)C(C)(C)c2ccccc2)cc1. The molecule has 0 spiro atoms. The number of amides is 2. The maximum atomic E-state index is 12.6. The quantitative estimate of drug-likeness (QED) is 0.809. The number of rotatable bonds is 6. The van der Waals surface area contributed by atoms with Gasteiger partial charge < -0.3 is 10.6 Å². The van der Waals surface area contributed by atoms with E-state index < -0.39 is 5.41 Å². The molecule has 0 atom stereocenters. The Labute approximate surface area is 149 Å². The Morgan fingerprint density at radius 1 is 0.880 bits per heavy atom. The molecule has 0 aliphatic rings. The summed E-state index contributed by atoms with van der Waals surface area (Å²) in [4.78, 5) is 24.4. The largest absolute Gasteiger partial charge is 0.326 e. The van der Waals surface area contributed by atoms with Crippen molar-refractivity contribution in [3.8, 4) is 0 Å². The van der Waals surface area contributed by atoms with Crippen LogP contribution in [0, 0.1) is 5.92 Å². The Hall–Kier alpha value is -2.62. The third-order valence-electron chi connectivity index (χ3n) is 4.08. The molecule has 2 rings (SSSR count). The molecule has 0 saturated carbocycles. The summed E-state index contributed by atoms with van der Waals surface area (Å²) in [6.45, 7) is 7.82. The van der Waals surface area contributed by atoms with Crippen LogP contribution in [0.1, 0.15) is 39.7 Å². The smallest absolute Gasteiger partial charge is 0.234 e. The molecule has 132 valence electrons. The molecule has 0 bridgehead atoms. The van der Waals surface area contributed by atoms with E-state index in [1.54, 1.807) is 24.3 Å². The highest BCUT2D eigenvalue weighted by Crippen LogP contribution is 2.25. The standard InChI is InChI=1S/C21H26N2O2/c1-15(2)14-19(24)22-17-10-12-18(13-11-17)23-20(25)21(3,4)16-8-6-5-7-9-16/h5-13,15H,14H2,1-4H3,(H,22,24)(H,23,25). The zero-order valence-electron chi connectivity index (χ0n) is 15.3. The van der Waals surface area contributed by atoms with Crippen molar-refractivity contribution in [3.63, 3.8) is 0 Å². The lowest BCUT2D eigenvalue weighted by Gasteiger charge is -2.24. The number of benzene rings is 2. The lowest BCUT2D eigenvalue weighted by atomic mass is 9.83. The third kappa shape index (κ3) is 5.18. The van der Waals surface area contributed by atoms with Crippen molar-refractivity contribution in [3.05, 3.63) is 60.2 Å². The van der Waals surface area contributed by atoms with E-state index in [9.17, 15) is 9.59 Å². The second-order valence-corrected chi connectivity index (χ2v) is 7.17. The number of hydrogen-bond acceptors (Lipinski definition) is 2. The van der Waals surface area contributed by atoms with Crippen LogP contribution in [0.5, 0.6) is 0 Å². The first kappa shape index (κ1) is 18.7. The van der Waals surface area contributed by atoms with E-state index >= 15 is 0 Å². The first-order valence-electron chi connectivity index (χ1n) is 8.56. The van der Waals surface area contributed by atoms with Gasteiger partial charge in [0, 0.05) is 17.8 Å². The zero-order chi connectivity index (χ0) is 18.4. The van der Waals surface area contributed by atoms with Gasteiger partial charge in [0.25, 0.3) is 0 Å². The molecule has 0 saturated heterocycles. The topological polar surface area (TPSA) is 58.2 Å². The fraction of sp³-hybridized carbons (Fsp3) is 0.333. The highest BCUT2D eigenvalue weighted by Gasteiger charge is 2.29. The minimum absolute atomic E-state index is 0.00278. The number of carbonyl (C=O) groups excluding carboxylic acids is 2. The van der Waals surface area contributed by atoms with Crippen molar-refractivity contribution in [2.75, 3.05) is 10.6 Å². The molecule has 2 aromatic rings. The molecule has 2 amide bonds. The fourth-order valence-electron chi connectivity index (χ4n) is 2.49. The molecule has 4 nitrogen and oxygen atoms in total. The number of hydrogen-bond donors (Lipinski definition) is 2. The molecule has 0 aromatic heterocycles. The number of anilines is 2. The van der Waals surface area contributed by atoms with Gasteiger partial charge in [-0.2, -0.15) is 0 Å². The van der Waals surface area contributed by atoms with Crippen LogP contribution in [0.15, 0.2) is 54.6 Å². The summed E-state index contributed by atoms with van der Waals surface area (Å²) in [5, 5.41) is 5.80. The van der Waals surface area contributed by atoms with Gasteiger partial charge in [0.2, 0.25) is 11.8 Å². The van der Waals surface area contributed by atoms with Gasteiger partial charge in [-0.1, -0.05) is 44.2 Å². The van der Waals surface area contributed by atoms with Crippen LogP contribution in [0.25, 0.3) is 0 Å². The zero-order valence-corrected chi connectivity index (χ0v) is 15.3. The predicted octanol–water partition coefficient (Wildman–Crippen LogP) is 4.59. The molecule has 2 aromatic carbocycles. The van der Waals surface area contributed by atoms with E-state index in [-0.39, 0.29) is 11.8 Å². The van der Waals surface area contributed by atoms with Gasteiger partial charge in [-0.25, -0.2) is 0 Å². The van der Waals surface area contributed by atoms with Gasteiger partial charge in [-0.05, 0) is 49.6 Å². The van der Waals surface area contributed by atoms with Gasteiger partial charge in [-0.3, -0.25) is 9.59 Å². The lowest BCUT2D eigenvalue weighted by Crippen LogP contribution is -2.34. The molecule has 0 heterocycles. The highest BCUT2D eigenvalue weighted by atomic mass is 16.2. The van der Waals surface area contributed by atoms with Gasteiger partial charge in [0.1, 0.15) is 0 Å². The number of nitrogens with one attached hydrogen (secondary N) is 2. The minimum atomic E-state index is -0.634. The molecule has 0 aliphatic carbocycles. The lowest BCUT2D eigenvalue weighted by molar-refractivity contribution is -0.120. The second-order valence-electron chi connectivity index (χ2n) is 7.17. The van der Waals surface area contributed by atoms with Crippen LogP contribution in [-0.4, -0.2) is 11.8 Å². The van der Waals surface area contributed by atoms with Gasteiger partial charge in [-0.15, -0.1) is 0 Å². The van der Waals surface area contributed by atoms with Crippen molar-refractivity contribution in [2.24, 2.45) is 5.92 Å². The molecule has 0 aliphatic heterocycles. The summed E-state index contributed by atoms with van der Waals surface area (Å²) in [7, 11) is 0. The van der Waals surface area contributed by atoms with Crippen molar-refractivity contribution in [1.82, 2.24) is 0 Å². The van der Waals surface area contributed by atoms with E-state index in [2.05, 4.69) is 10.6 Å². The second kappa shape index (κ2) is 7.97. The van der Waals surface area contributed by atoms with E-state index in [0.29, 0.717) is 18.0 Å². The van der Waals surface area contributed by atoms with Crippen molar-refractivity contribution >= 4 is 23.2 Å². The summed E-state index contributed by atoms with van der Waals surface area (Å²) in [6.07, 6.45) is 0.490. The van der Waals surface area contributed by atoms with Gasteiger partial charge in [0.05, 0.1) is 5.41 Å². The predicted molar refractivity (Wildman–Crippen MR) is 103 cm³/mol. The average molecular weight is 338 g/mol. The Bertz CT molecular complexity index is 719. The third-order valence-corrected chi connectivity index (χ3v) is 4.08. The molecule has 0 unspecified atom stereocenters. The average Bonchev–Trinajstić information content (AvgIpc) is 2.56. The minimum Gasteiger partial charge on any atom is -0.326 e.